The fourth-order valence-electron chi connectivity index (χ4n) is 2.18. The first-order valence-electron chi connectivity index (χ1n) is 6.42. The van der Waals surface area contributed by atoms with E-state index in [1.165, 1.54) is 0 Å². The number of aromatic nitrogens is 1. The quantitative estimate of drug-likeness (QED) is 0.743. The Balaban J connectivity index is 2.23. The molecular formula is C16H13NO3S. The van der Waals surface area contributed by atoms with Gasteiger partial charge in [-0.2, -0.15) is 0 Å². The Morgan fingerprint density at radius 2 is 1.48 bits per heavy atom. The number of hydrogen-bond donors (Lipinski definition) is 0. The lowest BCUT2D eigenvalue weighted by Gasteiger charge is -2.05. The van der Waals surface area contributed by atoms with Crippen molar-refractivity contribution in [2.45, 2.75) is 16.7 Å². The van der Waals surface area contributed by atoms with Crippen molar-refractivity contribution in [3.63, 3.8) is 0 Å². The Labute approximate surface area is 123 Å². The zero-order valence-corrected chi connectivity index (χ0v) is 12.2. The van der Waals surface area contributed by atoms with Gasteiger partial charge >= 0.3 is 0 Å². The second-order valence-electron chi connectivity index (χ2n) is 4.60. The van der Waals surface area contributed by atoms with Crippen molar-refractivity contribution in [2.24, 2.45) is 0 Å². The molecule has 21 heavy (non-hydrogen) atoms. The second-order valence-corrected chi connectivity index (χ2v) is 6.49. The van der Waals surface area contributed by atoms with Gasteiger partial charge in [-0.05, 0) is 19.1 Å². The summed E-state index contributed by atoms with van der Waals surface area (Å²) in [6.07, 6.45) is 0. The van der Waals surface area contributed by atoms with Crippen LogP contribution in [-0.2, 0) is 9.84 Å². The Hall–Kier alpha value is -2.40. The van der Waals surface area contributed by atoms with Gasteiger partial charge in [0.15, 0.2) is 5.76 Å². The van der Waals surface area contributed by atoms with E-state index in [-0.39, 0.29) is 15.6 Å². The van der Waals surface area contributed by atoms with Gasteiger partial charge in [0.2, 0.25) is 9.84 Å². The van der Waals surface area contributed by atoms with Crippen molar-refractivity contribution in [3.05, 3.63) is 66.4 Å². The molecule has 0 spiro atoms. The van der Waals surface area contributed by atoms with Gasteiger partial charge in [-0.25, -0.2) is 8.42 Å². The minimum atomic E-state index is -3.66. The molecule has 0 amide bonds. The van der Waals surface area contributed by atoms with Crippen LogP contribution in [0.5, 0.6) is 0 Å². The smallest absolute Gasteiger partial charge is 0.212 e. The molecule has 4 nitrogen and oxygen atoms in total. The summed E-state index contributed by atoms with van der Waals surface area (Å²) in [6.45, 7) is 1.61. The minimum Gasteiger partial charge on any atom is -0.360 e. The van der Waals surface area contributed by atoms with Gasteiger partial charge in [0.25, 0.3) is 0 Å². The zero-order valence-electron chi connectivity index (χ0n) is 11.4. The molecule has 0 saturated carbocycles. The fraction of sp³-hybridized carbons (Fsp3) is 0.0625. The maximum Gasteiger partial charge on any atom is 0.212 e. The van der Waals surface area contributed by atoms with Crippen LogP contribution in [0.2, 0.25) is 0 Å². The van der Waals surface area contributed by atoms with Crippen LogP contribution in [0.25, 0.3) is 11.3 Å². The molecule has 0 aliphatic carbocycles. The molecule has 0 bridgehead atoms. The fourth-order valence-corrected chi connectivity index (χ4v) is 3.75. The predicted octanol–water partition coefficient (Wildman–Crippen LogP) is 3.48. The first kappa shape index (κ1) is 13.6. The summed E-state index contributed by atoms with van der Waals surface area (Å²) in [7, 11) is -3.66. The molecule has 0 saturated heterocycles. The lowest BCUT2D eigenvalue weighted by molar-refractivity contribution is 0.396. The van der Waals surface area contributed by atoms with Gasteiger partial charge in [0, 0.05) is 5.56 Å². The van der Waals surface area contributed by atoms with Gasteiger partial charge in [-0.15, -0.1) is 0 Å². The average molecular weight is 299 g/mol. The molecule has 106 valence electrons. The normalized spacial score (nSPS) is 11.5. The minimum absolute atomic E-state index is 0.125. The first-order chi connectivity index (χ1) is 10.1. The zero-order chi connectivity index (χ0) is 14.9. The van der Waals surface area contributed by atoms with E-state index in [9.17, 15) is 8.42 Å². The highest BCUT2D eigenvalue weighted by molar-refractivity contribution is 7.91. The van der Waals surface area contributed by atoms with Crippen molar-refractivity contribution < 1.29 is 12.9 Å². The van der Waals surface area contributed by atoms with E-state index in [1.54, 1.807) is 49.4 Å². The molecule has 0 N–H and O–H groups in total. The van der Waals surface area contributed by atoms with Gasteiger partial charge in [0.05, 0.1) is 4.90 Å². The molecule has 3 aromatic rings. The maximum atomic E-state index is 12.8. The molecule has 0 atom stereocenters. The van der Waals surface area contributed by atoms with E-state index in [0.29, 0.717) is 11.3 Å². The van der Waals surface area contributed by atoms with E-state index in [0.717, 1.165) is 0 Å². The molecule has 5 heteroatoms. The molecule has 0 aliphatic heterocycles. The maximum absolute atomic E-state index is 12.8. The lowest BCUT2D eigenvalue weighted by Crippen LogP contribution is -2.04. The number of rotatable bonds is 3. The molecular weight excluding hydrogens is 286 g/mol. The average Bonchev–Trinajstić information content (AvgIpc) is 2.91. The summed E-state index contributed by atoms with van der Waals surface area (Å²) in [5, 5.41) is 3.92. The van der Waals surface area contributed by atoms with Crippen molar-refractivity contribution in [1.29, 1.82) is 0 Å². The molecule has 0 aliphatic rings. The second kappa shape index (κ2) is 5.18. The van der Waals surface area contributed by atoms with Crippen molar-refractivity contribution in [2.75, 3.05) is 0 Å². The highest BCUT2D eigenvalue weighted by atomic mass is 32.2. The highest BCUT2D eigenvalue weighted by Gasteiger charge is 2.28. The Morgan fingerprint density at radius 1 is 0.905 bits per heavy atom. The van der Waals surface area contributed by atoms with Gasteiger partial charge in [0.1, 0.15) is 10.6 Å². The van der Waals surface area contributed by atoms with Crippen molar-refractivity contribution in [3.8, 4) is 11.3 Å². The van der Waals surface area contributed by atoms with E-state index in [1.807, 2.05) is 18.2 Å². The molecule has 3 rings (SSSR count). The topological polar surface area (TPSA) is 60.2 Å². The number of nitrogens with zero attached hydrogens (tertiary/aromatic N) is 1. The van der Waals surface area contributed by atoms with E-state index in [4.69, 9.17) is 4.52 Å². The van der Waals surface area contributed by atoms with Crippen LogP contribution in [-0.4, -0.2) is 13.6 Å². The number of sulfone groups is 1. The molecule has 0 unspecified atom stereocenters. The number of benzene rings is 2. The standard InChI is InChI=1S/C16H13NO3S/c1-12-16(21(18,19)14-10-6-3-7-11-14)15(17-20-12)13-8-4-2-5-9-13/h2-11H,1H3. The van der Waals surface area contributed by atoms with E-state index in [2.05, 4.69) is 5.16 Å². The first-order valence-corrected chi connectivity index (χ1v) is 7.91. The third-order valence-electron chi connectivity index (χ3n) is 3.18. The Bertz CT molecular complexity index is 853. The van der Waals surface area contributed by atoms with Crippen LogP contribution in [0.15, 0.2) is 75.0 Å². The monoisotopic (exact) mass is 299 g/mol. The van der Waals surface area contributed by atoms with Gasteiger partial charge < -0.3 is 4.52 Å². The van der Waals surface area contributed by atoms with Crippen LogP contribution < -0.4 is 0 Å². The number of hydrogen-bond acceptors (Lipinski definition) is 4. The summed E-state index contributed by atoms with van der Waals surface area (Å²) >= 11 is 0. The third kappa shape index (κ3) is 2.36. The largest absolute Gasteiger partial charge is 0.360 e. The van der Waals surface area contributed by atoms with Crippen LogP contribution >= 0.6 is 0 Å². The van der Waals surface area contributed by atoms with Gasteiger partial charge in [-0.1, -0.05) is 53.7 Å². The SMILES string of the molecule is Cc1onc(-c2ccccc2)c1S(=O)(=O)c1ccccc1. The van der Waals surface area contributed by atoms with Crippen molar-refractivity contribution in [1.82, 2.24) is 5.16 Å². The Kier molecular flexibility index (Phi) is 3.35. The lowest BCUT2D eigenvalue weighted by atomic mass is 10.1. The van der Waals surface area contributed by atoms with Crippen molar-refractivity contribution >= 4 is 9.84 Å². The Morgan fingerprint density at radius 3 is 2.10 bits per heavy atom. The molecule has 1 heterocycles. The predicted molar refractivity (Wildman–Crippen MR) is 78.6 cm³/mol. The summed E-state index contributed by atoms with van der Waals surface area (Å²) in [5.41, 5.74) is 1.06. The van der Waals surface area contributed by atoms with Gasteiger partial charge in [-0.3, -0.25) is 0 Å². The van der Waals surface area contributed by atoms with Crippen LogP contribution in [0.4, 0.5) is 0 Å². The third-order valence-corrected chi connectivity index (χ3v) is 5.09. The molecule has 2 aromatic carbocycles. The summed E-state index contributed by atoms with van der Waals surface area (Å²) < 4.78 is 30.7. The van der Waals surface area contributed by atoms with Crippen LogP contribution in [0.1, 0.15) is 5.76 Å². The van der Waals surface area contributed by atoms with Crippen LogP contribution in [0.3, 0.4) is 0 Å². The molecule has 0 fully saturated rings. The highest BCUT2D eigenvalue weighted by Crippen LogP contribution is 2.33. The number of aryl methyl sites for hydroxylation is 1. The summed E-state index contributed by atoms with van der Waals surface area (Å²) in [6, 6.07) is 17.4. The van der Waals surface area contributed by atoms with Crippen LogP contribution in [0, 0.1) is 6.92 Å². The molecule has 1 aromatic heterocycles. The van der Waals surface area contributed by atoms with E-state index < -0.39 is 9.84 Å². The summed E-state index contributed by atoms with van der Waals surface area (Å²) in [4.78, 5) is 0.355. The molecule has 0 radical (unpaired) electrons. The summed E-state index contributed by atoms with van der Waals surface area (Å²) in [5.74, 6) is 0.290. The van der Waals surface area contributed by atoms with E-state index >= 15 is 0 Å².